The van der Waals surface area contributed by atoms with Crippen LogP contribution in [0.2, 0.25) is 0 Å². The van der Waals surface area contributed by atoms with Gasteiger partial charge in [0.25, 0.3) is 5.91 Å². The van der Waals surface area contributed by atoms with Gasteiger partial charge in [-0.3, -0.25) is 10.2 Å². The Morgan fingerprint density at radius 3 is 2.34 bits per heavy atom. The van der Waals surface area contributed by atoms with Gasteiger partial charge in [-0.15, -0.1) is 0 Å². The zero-order valence-corrected chi connectivity index (χ0v) is 16.4. The van der Waals surface area contributed by atoms with E-state index in [2.05, 4.69) is 10.4 Å². The number of hydrogen-bond acceptors (Lipinski definition) is 4. The lowest BCUT2D eigenvalue weighted by atomic mass is 10.0. The van der Waals surface area contributed by atoms with Crippen LogP contribution < -0.4 is 16.2 Å². The number of aromatic nitrogens is 1. The van der Waals surface area contributed by atoms with E-state index >= 15 is 0 Å². The summed E-state index contributed by atoms with van der Waals surface area (Å²) in [5.41, 5.74) is 8.66. The number of nitrogens with two attached hydrogens (primary N) is 1. The summed E-state index contributed by atoms with van der Waals surface area (Å²) < 4.78 is 27.9. The van der Waals surface area contributed by atoms with Crippen molar-refractivity contribution in [2.75, 3.05) is 10.7 Å². The van der Waals surface area contributed by atoms with Crippen LogP contribution in [0.1, 0.15) is 10.4 Å². The van der Waals surface area contributed by atoms with Crippen LogP contribution in [0.3, 0.4) is 0 Å². The Morgan fingerprint density at radius 1 is 0.969 bits per heavy atom. The van der Waals surface area contributed by atoms with E-state index in [1.54, 1.807) is 42.5 Å². The number of rotatable bonds is 3. The number of carbonyl (C=O) groups is 2. The fourth-order valence-electron chi connectivity index (χ4n) is 3.32. The molecule has 1 heterocycles. The molecule has 4 N–H and O–H groups in total. The van der Waals surface area contributed by atoms with Gasteiger partial charge in [-0.25, -0.2) is 18.6 Å². The maximum absolute atomic E-state index is 14.5. The standard InChI is InChI=1S/C23H16F2N4O3/c24-13-10-11-15(17(25)12-13)21-20(26)19(16-8-4-5-9-18(16)27-21)22(30)28-29(23(31)32)14-6-2-1-3-7-14/h1-12H,26H2,(H,28,30)(H,31,32). The predicted molar refractivity (Wildman–Crippen MR) is 116 cm³/mol. The van der Waals surface area contributed by atoms with E-state index < -0.39 is 23.6 Å². The van der Waals surface area contributed by atoms with E-state index in [-0.39, 0.29) is 28.2 Å². The monoisotopic (exact) mass is 434 g/mol. The summed E-state index contributed by atoms with van der Waals surface area (Å²) in [6.45, 7) is 0. The molecule has 4 aromatic rings. The fourth-order valence-corrected chi connectivity index (χ4v) is 3.32. The molecule has 0 bridgehead atoms. The molecule has 160 valence electrons. The second kappa shape index (κ2) is 8.31. The van der Waals surface area contributed by atoms with Gasteiger partial charge in [0.1, 0.15) is 11.6 Å². The van der Waals surface area contributed by atoms with E-state index in [1.165, 1.54) is 18.2 Å². The van der Waals surface area contributed by atoms with Crippen molar-refractivity contribution in [3.63, 3.8) is 0 Å². The van der Waals surface area contributed by atoms with Gasteiger partial charge in [0.2, 0.25) is 0 Å². The SMILES string of the molecule is Nc1c(-c2ccc(F)cc2F)nc2ccccc2c1C(=O)NN(C(=O)O)c1ccccc1. The first-order chi connectivity index (χ1) is 15.4. The molecule has 0 radical (unpaired) electrons. The molecule has 0 spiro atoms. The molecule has 2 amide bonds. The van der Waals surface area contributed by atoms with Crippen molar-refractivity contribution >= 4 is 34.3 Å². The van der Waals surface area contributed by atoms with Crippen LogP contribution in [0.4, 0.5) is 25.0 Å². The third-order valence-corrected chi connectivity index (χ3v) is 4.76. The molecule has 0 unspecified atom stereocenters. The fraction of sp³-hybridized carbons (Fsp3) is 0. The second-order valence-corrected chi connectivity index (χ2v) is 6.78. The first kappa shape index (κ1) is 20.7. The summed E-state index contributed by atoms with van der Waals surface area (Å²) in [4.78, 5) is 29.3. The lowest BCUT2D eigenvalue weighted by molar-refractivity contribution is 0.0946. The van der Waals surface area contributed by atoms with E-state index in [1.807, 2.05) is 0 Å². The van der Waals surface area contributed by atoms with Gasteiger partial charge in [-0.05, 0) is 30.3 Å². The summed E-state index contributed by atoms with van der Waals surface area (Å²) in [6, 6.07) is 17.4. The zero-order chi connectivity index (χ0) is 22.8. The highest BCUT2D eigenvalue weighted by molar-refractivity contribution is 6.14. The summed E-state index contributed by atoms with van der Waals surface area (Å²) in [5, 5.41) is 10.6. The molecular weight excluding hydrogens is 418 g/mol. The molecule has 0 fully saturated rings. The highest BCUT2D eigenvalue weighted by Crippen LogP contribution is 2.34. The molecule has 0 atom stereocenters. The van der Waals surface area contributed by atoms with Crippen LogP contribution in [0.5, 0.6) is 0 Å². The van der Waals surface area contributed by atoms with Crippen molar-refractivity contribution in [1.29, 1.82) is 0 Å². The van der Waals surface area contributed by atoms with Crippen molar-refractivity contribution in [3.8, 4) is 11.3 Å². The summed E-state index contributed by atoms with van der Waals surface area (Å²) in [7, 11) is 0. The number of nitrogens with zero attached hydrogens (tertiary/aromatic N) is 2. The highest BCUT2D eigenvalue weighted by atomic mass is 19.1. The van der Waals surface area contributed by atoms with E-state index in [9.17, 15) is 23.5 Å². The van der Waals surface area contributed by atoms with Crippen LogP contribution in [0, 0.1) is 11.6 Å². The number of fused-ring (bicyclic) bond motifs is 1. The van der Waals surface area contributed by atoms with Crippen LogP contribution in [0.25, 0.3) is 22.2 Å². The Balaban J connectivity index is 1.87. The molecular formula is C23H16F2N4O3. The number of nitrogens with one attached hydrogen (secondary N) is 1. The Labute approximate surface area is 180 Å². The number of anilines is 2. The number of benzene rings is 3. The highest BCUT2D eigenvalue weighted by Gasteiger charge is 2.25. The third-order valence-electron chi connectivity index (χ3n) is 4.76. The molecule has 32 heavy (non-hydrogen) atoms. The molecule has 0 aliphatic rings. The van der Waals surface area contributed by atoms with E-state index in [0.717, 1.165) is 6.07 Å². The number of hydrogen-bond donors (Lipinski definition) is 3. The number of para-hydroxylation sites is 2. The van der Waals surface area contributed by atoms with Crippen molar-refractivity contribution in [2.24, 2.45) is 0 Å². The van der Waals surface area contributed by atoms with Gasteiger partial charge in [-0.1, -0.05) is 36.4 Å². The maximum Gasteiger partial charge on any atom is 0.431 e. The van der Waals surface area contributed by atoms with Crippen molar-refractivity contribution in [3.05, 3.63) is 90.0 Å². The van der Waals surface area contributed by atoms with Gasteiger partial charge < -0.3 is 10.8 Å². The Kier molecular flexibility index (Phi) is 5.38. The Morgan fingerprint density at radius 2 is 1.66 bits per heavy atom. The molecule has 0 aliphatic carbocycles. The van der Waals surface area contributed by atoms with Crippen LogP contribution in [-0.4, -0.2) is 22.1 Å². The summed E-state index contributed by atoms with van der Waals surface area (Å²) >= 11 is 0. The first-order valence-corrected chi connectivity index (χ1v) is 9.39. The number of hydrazine groups is 1. The van der Waals surface area contributed by atoms with Crippen LogP contribution in [-0.2, 0) is 0 Å². The average Bonchev–Trinajstić information content (AvgIpc) is 2.77. The molecule has 1 aromatic heterocycles. The largest absolute Gasteiger partial charge is 0.463 e. The van der Waals surface area contributed by atoms with Crippen LogP contribution >= 0.6 is 0 Å². The molecule has 0 saturated carbocycles. The second-order valence-electron chi connectivity index (χ2n) is 6.78. The molecule has 0 aliphatic heterocycles. The molecule has 9 heteroatoms. The number of amides is 2. The minimum Gasteiger partial charge on any atom is -0.463 e. The maximum atomic E-state index is 14.5. The molecule has 4 rings (SSSR count). The Hall–Kier alpha value is -4.53. The van der Waals surface area contributed by atoms with Crippen LogP contribution in [0.15, 0.2) is 72.8 Å². The zero-order valence-electron chi connectivity index (χ0n) is 16.4. The molecule has 0 saturated heterocycles. The third kappa shape index (κ3) is 3.79. The normalized spacial score (nSPS) is 10.7. The topological polar surface area (TPSA) is 109 Å². The number of halogens is 2. The van der Waals surface area contributed by atoms with Gasteiger partial charge in [0, 0.05) is 17.0 Å². The minimum absolute atomic E-state index is 0.0621. The van der Waals surface area contributed by atoms with Crippen molar-refractivity contribution in [1.82, 2.24) is 10.4 Å². The summed E-state index contributed by atoms with van der Waals surface area (Å²) in [5.74, 6) is -2.51. The number of nitrogen functional groups attached to an aromatic ring is 1. The Bertz CT molecular complexity index is 1350. The van der Waals surface area contributed by atoms with Crippen molar-refractivity contribution < 1.29 is 23.5 Å². The van der Waals surface area contributed by atoms with E-state index in [0.29, 0.717) is 22.0 Å². The lowest BCUT2D eigenvalue weighted by Gasteiger charge is -2.21. The van der Waals surface area contributed by atoms with Gasteiger partial charge in [-0.2, -0.15) is 5.01 Å². The smallest absolute Gasteiger partial charge is 0.431 e. The quantitative estimate of drug-likeness (QED) is 0.409. The van der Waals surface area contributed by atoms with Gasteiger partial charge >= 0.3 is 6.09 Å². The predicted octanol–water partition coefficient (Wildman–Crippen LogP) is 4.59. The first-order valence-electron chi connectivity index (χ1n) is 9.39. The molecule has 3 aromatic carbocycles. The number of carbonyl (C=O) groups excluding carboxylic acids is 1. The summed E-state index contributed by atoms with van der Waals surface area (Å²) in [6.07, 6.45) is -1.42. The number of carboxylic acid groups (broad SMARTS) is 1. The number of pyridine rings is 1. The lowest BCUT2D eigenvalue weighted by Crippen LogP contribution is -2.46. The average molecular weight is 434 g/mol. The van der Waals surface area contributed by atoms with Crippen molar-refractivity contribution in [2.45, 2.75) is 0 Å². The van der Waals surface area contributed by atoms with E-state index in [4.69, 9.17) is 5.73 Å². The minimum atomic E-state index is -1.42. The van der Waals surface area contributed by atoms with Gasteiger partial charge in [0.05, 0.1) is 28.1 Å². The van der Waals surface area contributed by atoms with Gasteiger partial charge in [0.15, 0.2) is 0 Å². The molecule has 7 nitrogen and oxygen atoms in total.